The molecule has 3 amide bonds. The number of hydrogen-bond donors (Lipinski definition) is 1. The van der Waals surface area contributed by atoms with E-state index < -0.39 is 11.9 Å². The molecule has 2 aromatic rings. The van der Waals surface area contributed by atoms with Crippen LogP contribution in [0.2, 0.25) is 0 Å². The lowest BCUT2D eigenvalue weighted by Gasteiger charge is -2.47. The number of benzene rings is 2. The molecular weight excluding hydrogens is 504 g/mol. The molecule has 4 aliphatic rings. The quantitative estimate of drug-likeness (QED) is 0.616. The minimum atomic E-state index is -0.703. The number of hydrogen-bond acceptors (Lipinski definition) is 5. The summed E-state index contributed by atoms with van der Waals surface area (Å²) in [5.41, 5.74) is 9.28. The van der Waals surface area contributed by atoms with E-state index >= 15 is 0 Å². The molecule has 0 unspecified atom stereocenters. The molecule has 3 fully saturated rings. The molecule has 8 nitrogen and oxygen atoms in total. The Bertz CT molecular complexity index is 1320. The lowest BCUT2D eigenvalue weighted by Crippen LogP contribution is -2.48. The summed E-state index contributed by atoms with van der Waals surface area (Å²) in [6.45, 7) is 8.73. The monoisotopic (exact) mass is 544 g/mol. The van der Waals surface area contributed by atoms with Crippen molar-refractivity contribution in [2.45, 2.75) is 77.0 Å². The normalized spacial score (nSPS) is 23.8. The fourth-order valence-electron chi connectivity index (χ4n) is 7.20. The highest BCUT2D eigenvalue weighted by molar-refractivity contribution is 6.09. The summed E-state index contributed by atoms with van der Waals surface area (Å²) in [6.07, 6.45) is 5.84. The van der Waals surface area contributed by atoms with Gasteiger partial charge < -0.3 is 15.4 Å². The number of ether oxygens (including phenoxy) is 1. The van der Waals surface area contributed by atoms with Crippen LogP contribution in [0.1, 0.15) is 73.9 Å². The molecule has 3 saturated heterocycles. The van der Waals surface area contributed by atoms with Crippen molar-refractivity contribution in [2.24, 2.45) is 11.1 Å². The lowest BCUT2D eigenvalue weighted by atomic mass is 9.71. The van der Waals surface area contributed by atoms with E-state index in [0.29, 0.717) is 30.8 Å². The molecule has 6 rings (SSSR count). The summed E-state index contributed by atoms with van der Waals surface area (Å²) < 4.78 is 6.30. The predicted octanol–water partition coefficient (Wildman–Crippen LogP) is 3.90. The van der Waals surface area contributed by atoms with Gasteiger partial charge in [0.15, 0.2) is 0 Å². The van der Waals surface area contributed by atoms with Crippen LogP contribution in [-0.2, 0) is 22.6 Å². The number of likely N-dealkylation sites (tertiary alicyclic amines) is 2. The van der Waals surface area contributed by atoms with E-state index in [9.17, 15) is 14.4 Å². The van der Waals surface area contributed by atoms with Crippen molar-refractivity contribution in [1.82, 2.24) is 9.80 Å². The van der Waals surface area contributed by atoms with E-state index in [2.05, 4.69) is 36.9 Å². The van der Waals surface area contributed by atoms with Crippen LogP contribution >= 0.6 is 0 Å². The zero-order valence-electron chi connectivity index (χ0n) is 23.7. The van der Waals surface area contributed by atoms with E-state index in [-0.39, 0.29) is 29.3 Å². The summed E-state index contributed by atoms with van der Waals surface area (Å²) in [5.74, 6) is 0.306. The molecule has 1 atom stereocenters. The van der Waals surface area contributed by atoms with Gasteiger partial charge in [-0.15, -0.1) is 0 Å². The van der Waals surface area contributed by atoms with Gasteiger partial charge in [-0.25, -0.2) is 0 Å². The Balaban J connectivity index is 1.08. The van der Waals surface area contributed by atoms with Crippen molar-refractivity contribution < 1.29 is 19.1 Å². The number of fused-ring (bicyclic) bond motifs is 1. The maximum Gasteiger partial charge on any atom is 0.255 e. The van der Waals surface area contributed by atoms with Gasteiger partial charge in [-0.1, -0.05) is 30.3 Å². The minimum absolute atomic E-state index is 0.0772. The predicted molar refractivity (Wildman–Crippen MR) is 153 cm³/mol. The third-order valence-electron chi connectivity index (χ3n) is 9.53. The van der Waals surface area contributed by atoms with E-state index in [0.717, 1.165) is 57.5 Å². The van der Waals surface area contributed by atoms with Crippen LogP contribution in [0.3, 0.4) is 0 Å². The minimum Gasteiger partial charge on any atom is -0.487 e. The first-order chi connectivity index (χ1) is 19.1. The second-order valence-corrected chi connectivity index (χ2v) is 12.7. The van der Waals surface area contributed by atoms with Gasteiger partial charge in [-0.2, -0.15) is 0 Å². The fraction of sp³-hybridized carbons (Fsp3) is 0.531. The highest BCUT2D eigenvalue weighted by Crippen LogP contribution is 2.43. The van der Waals surface area contributed by atoms with Gasteiger partial charge in [0.25, 0.3) is 5.91 Å². The van der Waals surface area contributed by atoms with E-state index in [4.69, 9.17) is 10.5 Å². The Kier molecular flexibility index (Phi) is 6.85. The third kappa shape index (κ3) is 4.98. The molecule has 1 spiro atoms. The van der Waals surface area contributed by atoms with Crippen LogP contribution < -0.4 is 15.4 Å². The van der Waals surface area contributed by atoms with Crippen molar-refractivity contribution in [3.63, 3.8) is 0 Å². The van der Waals surface area contributed by atoms with Crippen molar-refractivity contribution in [3.05, 3.63) is 59.2 Å². The molecule has 0 saturated carbocycles. The molecule has 4 aliphatic heterocycles. The number of anilines is 1. The summed E-state index contributed by atoms with van der Waals surface area (Å²) >= 11 is 0. The second-order valence-electron chi connectivity index (χ2n) is 12.7. The number of amides is 3. The van der Waals surface area contributed by atoms with Gasteiger partial charge in [-0.3, -0.25) is 24.2 Å². The zero-order chi connectivity index (χ0) is 28.1. The number of nitrogens with zero attached hydrogens (tertiary/aromatic N) is 3. The maximum absolute atomic E-state index is 13.7. The number of nitrogens with two attached hydrogens (primary N) is 1. The first-order valence-electron chi connectivity index (χ1n) is 14.7. The van der Waals surface area contributed by atoms with Crippen LogP contribution in [0.25, 0.3) is 0 Å². The van der Waals surface area contributed by atoms with Gasteiger partial charge in [0.2, 0.25) is 11.8 Å². The Morgan fingerprint density at radius 1 is 0.975 bits per heavy atom. The lowest BCUT2D eigenvalue weighted by molar-refractivity contribution is -0.121. The topological polar surface area (TPSA) is 96.2 Å². The Labute approximate surface area is 236 Å². The molecule has 2 aromatic carbocycles. The van der Waals surface area contributed by atoms with E-state index in [1.54, 1.807) is 18.2 Å². The molecule has 4 heterocycles. The van der Waals surface area contributed by atoms with Gasteiger partial charge in [0.1, 0.15) is 17.4 Å². The summed E-state index contributed by atoms with van der Waals surface area (Å²) in [4.78, 5) is 44.2. The Morgan fingerprint density at radius 2 is 1.68 bits per heavy atom. The number of primary amides is 1. The third-order valence-corrected chi connectivity index (χ3v) is 9.53. The van der Waals surface area contributed by atoms with Crippen LogP contribution in [-0.4, -0.2) is 65.3 Å². The van der Waals surface area contributed by atoms with Gasteiger partial charge in [-0.05, 0) is 82.2 Å². The number of carbonyl (C=O) groups is 3. The van der Waals surface area contributed by atoms with E-state index in [1.165, 1.54) is 16.0 Å². The summed E-state index contributed by atoms with van der Waals surface area (Å²) in [6, 6.07) is 13.0. The molecule has 0 aliphatic carbocycles. The van der Waals surface area contributed by atoms with Crippen LogP contribution in [0.5, 0.6) is 5.75 Å². The smallest absolute Gasteiger partial charge is 0.255 e. The molecule has 212 valence electrons. The largest absolute Gasteiger partial charge is 0.487 e. The number of para-hydroxylation sites is 2. The average molecular weight is 545 g/mol. The number of piperidine rings is 2. The highest BCUT2D eigenvalue weighted by Gasteiger charge is 2.41. The number of rotatable bonds is 5. The summed E-state index contributed by atoms with van der Waals surface area (Å²) in [5, 5.41) is 0. The van der Waals surface area contributed by atoms with Crippen LogP contribution in [0.15, 0.2) is 42.5 Å². The molecule has 2 N–H and O–H groups in total. The molecule has 8 heteroatoms. The highest BCUT2D eigenvalue weighted by atomic mass is 16.5. The van der Waals surface area contributed by atoms with Crippen molar-refractivity contribution in [3.8, 4) is 5.75 Å². The second kappa shape index (κ2) is 10.2. The first kappa shape index (κ1) is 26.8. The van der Waals surface area contributed by atoms with Crippen LogP contribution in [0, 0.1) is 5.41 Å². The number of carbonyl (C=O) groups excluding carboxylic acids is 3. The van der Waals surface area contributed by atoms with Crippen LogP contribution in [0.4, 0.5) is 5.69 Å². The van der Waals surface area contributed by atoms with Gasteiger partial charge >= 0.3 is 0 Å². The molecule has 0 bridgehead atoms. The molecular formula is C32H40N4O4. The molecule has 0 radical (unpaired) electrons. The standard InChI is InChI=1S/C32H40N4O4/c1-31(2)20-22-6-5-7-23(28(22)40-31)21-34-16-12-32(13-17-34)14-18-35(19-15-32)30(39)24-8-3-4-9-25(24)36-26(29(33)38)10-11-27(36)37/h3-9,26H,10-21H2,1-2H3,(H2,33,38)/t26-/m0/s1. The summed E-state index contributed by atoms with van der Waals surface area (Å²) in [7, 11) is 0. The molecule has 0 aromatic heterocycles. The van der Waals surface area contributed by atoms with E-state index in [1.807, 2.05) is 11.0 Å². The van der Waals surface area contributed by atoms with Crippen molar-refractivity contribution in [2.75, 3.05) is 31.1 Å². The fourth-order valence-corrected chi connectivity index (χ4v) is 7.20. The Morgan fingerprint density at radius 3 is 2.40 bits per heavy atom. The van der Waals surface area contributed by atoms with Gasteiger partial charge in [0, 0.05) is 38.0 Å². The molecule has 40 heavy (non-hydrogen) atoms. The van der Waals surface area contributed by atoms with Gasteiger partial charge in [0.05, 0.1) is 11.3 Å². The first-order valence-corrected chi connectivity index (χ1v) is 14.7. The Hall–Kier alpha value is -3.39. The maximum atomic E-state index is 13.7. The SMILES string of the molecule is CC1(C)Cc2cccc(CN3CCC4(CC3)CCN(C(=O)c3ccccc3N3C(=O)CC[C@H]3C(N)=O)CC4)c2O1. The van der Waals surface area contributed by atoms with Crippen molar-refractivity contribution in [1.29, 1.82) is 0 Å². The zero-order valence-corrected chi connectivity index (χ0v) is 23.7. The van der Waals surface area contributed by atoms with Crippen molar-refractivity contribution >= 4 is 23.4 Å². The average Bonchev–Trinajstić information content (AvgIpc) is 3.48.